The summed E-state index contributed by atoms with van der Waals surface area (Å²) in [5, 5.41) is 9.06. The first-order chi connectivity index (χ1) is 22.7. The standard InChI is InChI=1S/C41H23N3O2/c1-2-8-29-24(7-1)13-14-25-21-26(15-18-30(25)29)39-42-40(27-16-19-33-31-9-3-5-11-35(31)45-37(33)22-27)44-41(43-39)28-17-20-34-32-10-4-6-12-36(32)46-38(34)23-28/h1-23H. The van der Waals surface area contributed by atoms with Gasteiger partial charge in [0, 0.05) is 38.2 Å². The maximum Gasteiger partial charge on any atom is 0.164 e. The molecule has 0 aliphatic heterocycles. The number of para-hydroxylation sites is 2. The van der Waals surface area contributed by atoms with E-state index in [1.807, 2.05) is 48.5 Å². The number of furan rings is 2. The molecule has 0 spiro atoms. The molecule has 0 saturated heterocycles. The van der Waals surface area contributed by atoms with Gasteiger partial charge >= 0.3 is 0 Å². The molecule has 5 heteroatoms. The number of fused-ring (bicyclic) bond motifs is 9. The van der Waals surface area contributed by atoms with E-state index in [9.17, 15) is 0 Å². The second kappa shape index (κ2) is 9.58. The molecule has 0 aliphatic carbocycles. The molecule has 0 radical (unpaired) electrons. The minimum Gasteiger partial charge on any atom is -0.456 e. The van der Waals surface area contributed by atoms with Crippen LogP contribution >= 0.6 is 0 Å². The number of hydrogen-bond donors (Lipinski definition) is 0. The highest BCUT2D eigenvalue weighted by Gasteiger charge is 2.16. The third-order valence-corrected chi connectivity index (χ3v) is 8.91. The average Bonchev–Trinajstić information content (AvgIpc) is 3.68. The highest BCUT2D eigenvalue weighted by atomic mass is 16.3. The van der Waals surface area contributed by atoms with Gasteiger partial charge in [-0.15, -0.1) is 0 Å². The van der Waals surface area contributed by atoms with Crippen LogP contribution in [-0.2, 0) is 0 Å². The number of aromatic nitrogens is 3. The van der Waals surface area contributed by atoms with Crippen molar-refractivity contribution in [3.63, 3.8) is 0 Å². The Morgan fingerprint density at radius 2 is 0.717 bits per heavy atom. The van der Waals surface area contributed by atoms with E-state index in [0.29, 0.717) is 17.5 Å². The average molecular weight is 590 g/mol. The summed E-state index contributed by atoms with van der Waals surface area (Å²) in [5.74, 6) is 1.75. The first-order valence-electron chi connectivity index (χ1n) is 15.3. The fourth-order valence-electron chi connectivity index (χ4n) is 6.65. The lowest BCUT2D eigenvalue weighted by Crippen LogP contribution is -2.00. The maximum atomic E-state index is 6.22. The summed E-state index contributed by atoms with van der Waals surface area (Å²) in [5.41, 5.74) is 5.93. The van der Waals surface area contributed by atoms with Crippen molar-refractivity contribution in [3.8, 4) is 34.2 Å². The predicted octanol–water partition coefficient (Wildman–Crippen LogP) is 11.0. The van der Waals surface area contributed by atoms with Crippen molar-refractivity contribution < 1.29 is 8.83 Å². The van der Waals surface area contributed by atoms with Gasteiger partial charge in [0.25, 0.3) is 0 Å². The van der Waals surface area contributed by atoms with Crippen molar-refractivity contribution in [3.05, 3.63) is 140 Å². The van der Waals surface area contributed by atoms with E-state index >= 15 is 0 Å². The molecule has 3 heterocycles. The van der Waals surface area contributed by atoms with Gasteiger partial charge < -0.3 is 8.83 Å². The molecule has 0 aliphatic rings. The predicted molar refractivity (Wildman–Crippen MR) is 186 cm³/mol. The molecular weight excluding hydrogens is 566 g/mol. The minimum absolute atomic E-state index is 0.575. The fourth-order valence-corrected chi connectivity index (χ4v) is 6.65. The summed E-state index contributed by atoms with van der Waals surface area (Å²) < 4.78 is 12.4. The lowest BCUT2D eigenvalue weighted by molar-refractivity contribution is 0.668. The van der Waals surface area contributed by atoms with Gasteiger partial charge in [0.1, 0.15) is 22.3 Å². The van der Waals surface area contributed by atoms with Gasteiger partial charge in [-0.2, -0.15) is 0 Å². The molecule has 10 rings (SSSR count). The van der Waals surface area contributed by atoms with Crippen LogP contribution < -0.4 is 0 Å². The van der Waals surface area contributed by atoms with Crippen molar-refractivity contribution in [2.24, 2.45) is 0 Å². The fraction of sp³-hybridized carbons (Fsp3) is 0. The molecule has 5 nitrogen and oxygen atoms in total. The second-order valence-electron chi connectivity index (χ2n) is 11.6. The third kappa shape index (κ3) is 3.85. The maximum absolute atomic E-state index is 6.22. The van der Waals surface area contributed by atoms with Gasteiger partial charge in [-0.3, -0.25) is 0 Å². The van der Waals surface area contributed by atoms with E-state index < -0.39 is 0 Å². The molecular formula is C41H23N3O2. The summed E-state index contributed by atoms with van der Waals surface area (Å²) in [6.45, 7) is 0. The van der Waals surface area contributed by atoms with Gasteiger partial charge in [-0.25, -0.2) is 15.0 Å². The van der Waals surface area contributed by atoms with E-state index in [4.69, 9.17) is 23.8 Å². The van der Waals surface area contributed by atoms with E-state index in [-0.39, 0.29) is 0 Å². The van der Waals surface area contributed by atoms with Crippen molar-refractivity contribution in [2.75, 3.05) is 0 Å². The Morgan fingerprint density at radius 1 is 0.304 bits per heavy atom. The van der Waals surface area contributed by atoms with Crippen LogP contribution in [0.4, 0.5) is 0 Å². The van der Waals surface area contributed by atoms with Crippen molar-refractivity contribution >= 4 is 65.4 Å². The first kappa shape index (κ1) is 25.0. The van der Waals surface area contributed by atoms with Gasteiger partial charge in [0.2, 0.25) is 0 Å². The Hall–Kier alpha value is -6.33. The van der Waals surface area contributed by atoms with Crippen LogP contribution in [-0.4, -0.2) is 15.0 Å². The zero-order chi connectivity index (χ0) is 30.2. The van der Waals surface area contributed by atoms with Crippen LogP contribution in [0.1, 0.15) is 0 Å². The Labute approximate surface area is 262 Å². The molecule has 0 saturated carbocycles. The summed E-state index contributed by atoms with van der Waals surface area (Å²) in [6.07, 6.45) is 0. The minimum atomic E-state index is 0.575. The van der Waals surface area contributed by atoms with Crippen LogP contribution in [0, 0.1) is 0 Å². The van der Waals surface area contributed by atoms with Crippen molar-refractivity contribution in [1.82, 2.24) is 15.0 Å². The Balaban J connectivity index is 1.18. The molecule has 214 valence electrons. The zero-order valence-electron chi connectivity index (χ0n) is 24.4. The van der Waals surface area contributed by atoms with Crippen LogP contribution in [0.2, 0.25) is 0 Å². The molecule has 0 fully saturated rings. The number of nitrogens with zero attached hydrogens (tertiary/aromatic N) is 3. The monoisotopic (exact) mass is 589 g/mol. The highest BCUT2D eigenvalue weighted by Crippen LogP contribution is 2.35. The topological polar surface area (TPSA) is 65.0 Å². The smallest absolute Gasteiger partial charge is 0.164 e. The summed E-state index contributed by atoms with van der Waals surface area (Å²) in [7, 11) is 0. The molecule has 7 aromatic carbocycles. The van der Waals surface area contributed by atoms with Crippen molar-refractivity contribution in [1.29, 1.82) is 0 Å². The Bertz CT molecular complexity index is 2700. The van der Waals surface area contributed by atoms with Crippen molar-refractivity contribution in [2.45, 2.75) is 0 Å². The molecule has 0 bridgehead atoms. The molecule has 3 aromatic heterocycles. The summed E-state index contributed by atoms with van der Waals surface area (Å²) in [4.78, 5) is 15.1. The van der Waals surface area contributed by atoms with Gasteiger partial charge in [0.05, 0.1) is 0 Å². The Kier molecular flexibility index (Phi) is 5.22. The lowest BCUT2D eigenvalue weighted by atomic mass is 10.00. The summed E-state index contributed by atoms with van der Waals surface area (Å²) in [6, 6.07) is 47.7. The van der Waals surface area contributed by atoms with Crippen LogP contribution in [0.25, 0.3) is 99.6 Å². The van der Waals surface area contributed by atoms with Crippen LogP contribution in [0.3, 0.4) is 0 Å². The molecule has 10 aromatic rings. The van der Waals surface area contributed by atoms with Crippen LogP contribution in [0.15, 0.2) is 148 Å². The van der Waals surface area contributed by atoms with Gasteiger partial charge in [-0.05, 0) is 64.0 Å². The normalized spacial score (nSPS) is 11.9. The summed E-state index contributed by atoms with van der Waals surface area (Å²) >= 11 is 0. The first-order valence-corrected chi connectivity index (χ1v) is 15.3. The van der Waals surface area contributed by atoms with E-state index in [1.165, 1.54) is 16.2 Å². The number of rotatable bonds is 3. The number of benzene rings is 7. The third-order valence-electron chi connectivity index (χ3n) is 8.91. The second-order valence-corrected chi connectivity index (χ2v) is 11.6. The highest BCUT2D eigenvalue weighted by molar-refractivity contribution is 6.09. The van der Waals surface area contributed by atoms with E-state index in [1.54, 1.807) is 0 Å². The molecule has 0 unspecified atom stereocenters. The van der Waals surface area contributed by atoms with E-state index in [2.05, 4.69) is 91.0 Å². The zero-order valence-corrected chi connectivity index (χ0v) is 24.4. The SMILES string of the molecule is c1ccc2c(c1)ccc1cc(-c3nc(-c4ccc5c(c4)oc4ccccc45)nc(-c4ccc5c(c4)oc4ccccc45)n3)ccc12. The lowest BCUT2D eigenvalue weighted by Gasteiger charge is -2.10. The van der Waals surface area contributed by atoms with Crippen LogP contribution in [0.5, 0.6) is 0 Å². The largest absolute Gasteiger partial charge is 0.456 e. The van der Waals surface area contributed by atoms with Gasteiger partial charge in [-0.1, -0.05) is 97.1 Å². The van der Waals surface area contributed by atoms with E-state index in [0.717, 1.165) is 66.0 Å². The molecule has 0 amide bonds. The molecule has 0 N–H and O–H groups in total. The molecule has 0 atom stereocenters. The van der Waals surface area contributed by atoms with Gasteiger partial charge in [0.15, 0.2) is 17.5 Å². The quantitative estimate of drug-likeness (QED) is 0.192. The Morgan fingerprint density at radius 3 is 1.30 bits per heavy atom. The number of hydrogen-bond acceptors (Lipinski definition) is 5. The molecule has 46 heavy (non-hydrogen) atoms.